The van der Waals surface area contributed by atoms with E-state index in [2.05, 4.69) is 53.0 Å². The van der Waals surface area contributed by atoms with E-state index >= 15 is 0 Å². The molecule has 0 unspecified atom stereocenters. The van der Waals surface area contributed by atoms with E-state index in [1.165, 1.54) is 0 Å². The Labute approximate surface area is 152 Å². The summed E-state index contributed by atoms with van der Waals surface area (Å²) < 4.78 is 6.65. The third kappa shape index (κ3) is 5.49. The second kappa shape index (κ2) is 9.04. The molecule has 0 spiro atoms. The zero-order chi connectivity index (χ0) is 17.5. The van der Waals surface area contributed by atoms with E-state index in [1.54, 1.807) is 0 Å². The molecule has 5 heteroatoms. The molecule has 1 amide bonds. The highest BCUT2D eigenvalue weighted by atomic mass is 79.9. The van der Waals surface area contributed by atoms with Crippen molar-refractivity contribution in [1.82, 2.24) is 10.2 Å². The monoisotopic (exact) mass is 392 g/mol. The molecule has 2 rings (SSSR count). The number of benzene rings is 2. The molecule has 0 saturated carbocycles. The normalized spacial score (nSPS) is 11.2. The molecular weight excluding hydrogens is 368 g/mol. The van der Waals surface area contributed by atoms with Crippen LogP contribution in [0, 0.1) is 0 Å². The van der Waals surface area contributed by atoms with E-state index in [9.17, 15) is 4.79 Å². The Hall–Kier alpha value is -1.59. The van der Waals surface area contributed by atoms with Crippen molar-refractivity contribution in [2.45, 2.75) is 26.8 Å². The molecule has 0 aliphatic rings. The van der Waals surface area contributed by atoms with Gasteiger partial charge in [0.2, 0.25) is 0 Å². The molecule has 0 bridgehead atoms. The minimum atomic E-state index is -0.0919. The first-order chi connectivity index (χ1) is 11.5. The summed E-state index contributed by atoms with van der Waals surface area (Å²) in [6.07, 6.45) is 0. The van der Waals surface area contributed by atoms with Crippen molar-refractivity contribution >= 4 is 32.6 Å². The molecule has 4 nitrogen and oxygen atoms in total. The Morgan fingerprint density at radius 2 is 1.92 bits per heavy atom. The second-order valence-corrected chi connectivity index (χ2v) is 6.93. The molecule has 2 aromatic rings. The van der Waals surface area contributed by atoms with Gasteiger partial charge in [-0.15, -0.1) is 0 Å². The number of nitrogens with one attached hydrogen (secondary N) is 1. The van der Waals surface area contributed by atoms with Crippen molar-refractivity contribution < 1.29 is 9.53 Å². The average molecular weight is 393 g/mol. The van der Waals surface area contributed by atoms with Crippen LogP contribution in [0.1, 0.15) is 20.8 Å². The van der Waals surface area contributed by atoms with Gasteiger partial charge in [-0.1, -0.05) is 35.0 Å². The number of amides is 1. The summed E-state index contributed by atoms with van der Waals surface area (Å²) in [5.41, 5.74) is 0. The zero-order valence-corrected chi connectivity index (χ0v) is 16.1. The number of hydrogen-bond acceptors (Lipinski definition) is 3. The van der Waals surface area contributed by atoms with Gasteiger partial charge in [0.05, 0.1) is 0 Å². The van der Waals surface area contributed by atoms with Gasteiger partial charge < -0.3 is 10.1 Å². The maximum absolute atomic E-state index is 11.9. The van der Waals surface area contributed by atoms with Crippen molar-refractivity contribution in [3.8, 4) is 5.75 Å². The van der Waals surface area contributed by atoms with Gasteiger partial charge in [0, 0.05) is 23.6 Å². The summed E-state index contributed by atoms with van der Waals surface area (Å²) in [4.78, 5) is 14.2. The number of nitrogens with zero attached hydrogens (tertiary/aromatic N) is 1. The number of ether oxygens (including phenoxy) is 1. The SMILES string of the molecule is CCN(CCNC(=O)COc1ccc2cc(Br)ccc2c1)C(C)C. The maximum Gasteiger partial charge on any atom is 0.257 e. The standard InChI is InChI=1S/C19H25BrN2O2/c1-4-22(14(2)3)10-9-21-19(23)13-24-18-8-6-15-11-17(20)7-5-16(15)12-18/h5-8,11-12,14H,4,9-10,13H2,1-3H3,(H,21,23). The lowest BCUT2D eigenvalue weighted by Crippen LogP contribution is -2.39. The van der Waals surface area contributed by atoms with Gasteiger partial charge in [0.25, 0.3) is 5.91 Å². The predicted octanol–water partition coefficient (Wildman–Crippen LogP) is 3.83. The molecule has 0 atom stereocenters. The lowest BCUT2D eigenvalue weighted by atomic mass is 10.1. The fourth-order valence-corrected chi connectivity index (χ4v) is 2.98. The molecule has 2 aromatic carbocycles. The molecule has 0 aliphatic carbocycles. The Morgan fingerprint density at radius 3 is 2.62 bits per heavy atom. The third-order valence-corrected chi connectivity index (χ3v) is 4.49. The third-order valence-electron chi connectivity index (χ3n) is 4.00. The van der Waals surface area contributed by atoms with Crippen LogP contribution in [-0.4, -0.2) is 43.1 Å². The van der Waals surface area contributed by atoms with Crippen LogP contribution in [-0.2, 0) is 4.79 Å². The largest absolute Gasteiger partial charge is 0.484 e. The predicted molar refractivity (Wildman–Crippen MR) is 103 cm³/mol. The Morgan fingerprint density at radius 1 is 1.21 bits per heavy atom. The van der Waals surface area contributed by atoms with E-state index in [4.69, 9.17) is 4.74 Å². The average Bonchev–Trinajstić information content (AvgIpc) is 2.56. The van der Waals surface area contributed by atoms with Crippen LogP contribution in [0.5, 0.6) is 5.75 Å². The smallest absolute Gasteiger partial charge is 0.257 e. The molecule has 0 aliphatic heterocycles. The van der Waals surface area contributed by atoms with Crippen molar-refractivity contribution in [2.24, 2.45) is 0 Å². The van der Waals surface area contributed by atoms with E-state index in [1.807, 2.05) is 30.3 Å². The van der Waals surface area contributed by atoms with Crippen LogP contribution in [0.2, 0.25) is 0 Å². The lowest BCUT2D eigenvalue weighted by Gasteiger charge is -2.24. The van der Waals surface area contributed by atoms with Crippen LogP contribution >= 0.6 is 15.9 Å². The molecule has 0 aromatic heterocycles. The van der Waals surface area contributed by atoms with E-state index < -0.39 is 0 Å². The first-order valence-corrected chi connectivity index (χ1v) is 9.11. The van der Waals surface area contributed by atoms with Crippen molar-refractivity contribution in [3.05, 3.63) is 40.9 Å². The fraction of sp³-hybridized carbons (Fsp3) is 0.421. The maximum atomic E-state index is 11.9. The number of hydrogen-bond donors (Lipinski definition) is 1. The van der Waals surface area contributed by atoms with Gasteiger partial charge in [0.1, 0.15) is 5.75 Å². The summed E-state index contributed by atoms with van der Waals surface area (Å²) in [5.74, 6) is 0.614. The number of carbonyl (C=O) groups excluding carboxylic acids is 1. The van der Waals surface area contributed by atoms with Gasteiger partial charge in [0.15, 0.2) is 6.61 Å². The minimum Gasteiger partial charge on any atom is -0.484 e. The summed E-state index contributed by atoms with van der Waals surface area (Å²) in [6.45, 7) is 8.96. The van der Waals surface area contributed by atoms with Gasteiger partial charge >= 0.3 is 0 Å². The topological polar surface area (TPSA) is 41.6 Å². The van der Waals surface area contributed by atoms with Gasteiger partial charge in [-0.05, 0) is 55.4 Å². The highest BCUT2D eigenvalue weighted by molar-refractivity contribution is 9.10. The van der Waals surface area contributed by atoms with E-state index in [0.29, 0.717) is 18.3 Å². The summed E-state index contributed by atoms with van der Waals surface area (Å²) in [7, 11) is 0. The Bertz CT molecular complexity index is 688. The highest BCUT2D eigenvalue weighted by Crippen LogP contribution is 2.24. The molecule has 0 saturated heterocycles. The molecule has 0 heterocycles. The van der Waals surface area contributed by atoms with Crippen LogP contribution in [0.3, 0.4) is 0 Å². The van der Waals surface area contributed by atoms with Gasteiger partial charge in [-0.3, -0.25) is 9.69 Å². The first kappa shape index (κ1) is 18.7. The van der Waals surface area contributed by atoms with E-state index in [-0.39, 0.29) is 12.5 Å². The lowest BCUT2D eigenvalue weighted by molar-refractivity contribution is -0.123. The first-order valence-electron chi connectivity index (χ1n) is 8.32. The highest BCUT2D eigenvalue weighted by Gasteiger charge is 2.08. The van der Waals surface area contributed by atoms with Crippen LogP contribution in [0.25, 0.3) is 10.8 Å². The van der Waals surface area contributed by atoms with Crippen LogP contribution < -0.4 is 10.1 Å². The summed E-state index contributed by atoms with van der Waals surface area (Å²) in [6, 6.07) is 12.4. The van der Waals surface area contributed by atoms with Crippen molar-refractivity contribution in [2.75, 3.05) is 26.2 Å². The van der Waals surface area contributed by atoms with Crippen molar-refractivity contribution in [1.29, 1.82) is 0 Å². The fourth-order valence-electron chi connectivity index (χ4n) is 2.60. The zero-order valence-electron chi connectivity index (χ0n) is 14.5. The number of halogens is 1. The quantitative estimate of drug-likeness (QED) is 0.741. The molecule has 0 radical (unpaired) electrons. The summed E-state index contributed by atoms with van der Waals surface area (Å²) in [5, 5.41) is 5.13. The summed E-state index contributed by atoms with van der Waals surface area (Å²) >= 11 is 3.46. The van der Waals surface area contributed by atoms with Gasteiger partial charge in [-0.25, -0.2) is 0 Å². The molecular formula is C19H25BrN2O2. The number of carbonyl (C=O) groups is 1. The van der Waals surface area contributed by atoms with Gasteiger partial charge in [-0.2, -0.15) is 0 Å². The number of likely N-dealkylation sites (N-methyl/N-ethyl adjacent to an activating group) is 1. The van der Waals surface area contributed by atoms with Crippen LogP contribution in [0.15, 0.2) is 40.9 Å². The molecule has 130 valence electrons. The Kier molecular flexibility index (Phi) is 7.06. The van der Waals surface area contributed by atoms with E-state index in [0.717, 1.165) is 28.3 Å². The van der Waals surface area contributed by atoms with Crippen molar-refractivity contribution in [3.63, 3.8) is 0 Å². The number of rotatable bonds is 8. The molecule has 24 heavy (non-hydrogen) atoms. The number of fused-ring (bicyclic) bond motifs is 1. The Balaban J connectivity index is 1.80. The minimum absolute atomic E-state index is 0.0375. The molecule has 1 N–H and O–H groups in total. The second-order valence-electron chi connectivity index (χ2n) is 6.01. The van der Waals surface area contributed by atoms with Crippen LogP contribution in [0.4, 0.5) is 0 Å². The molecule has 0 fully saturated rings.